The maximum Gasteiger partial charge on any atom is 0.185 e. The molecule has 0 heterocycles. The highest BCUT2D eigenvalue weighted by molar-refractivity contribution is 6.07. The lowest BCUT2D eigenvalue weighted by atomic mass is 10.00. The third-order valence-corrected chi connectivity index (χ3v) is 4.27. The van der Waals surface area contributed by atoms with Crippen molar-refractivity contribution in [2.24, 2.45) is 0 Å². The van der Waals surface area contributed by atoms with Gasteiger partial charge in [-0.2, -0.15) is 0 Å². The summed E-state index contributed by atoms with van der Waals surface area (Å²) in [5.74, 6) is 2.08. The summed E-state index contributed by atoms with van der Waals surface area (Å²) in [5.41, 5.74) is 1.69. The fourth-order valence-electron chi connectivity index (χ4n) is 3.13. The summed E-state index contributed by atoms with van der Waals surface area (Å²) in [6.45, 7) is 18.4. The van der Waals surface area contributed by atoms with Crippen LogP contribution in [0.4, 0.5) is 0 Å². The van der Waals surface area contributed by atoms with Crippen molar-refractivity contribution in [3.05, 3.63) is 71.8 Å². The van der Waals surface area contributed by atoms with Gasteiger partial charge < -0.3 is 14.2 Å². The monoisotopic (exact) mass is 436 g/mol. The fourth-order valence-corrected chi connectivity index (χ4v) is 3.13. The van der Waals surface area contributed by atoms with Crippen LogP contribution in [0.15, 0.2) is 55.1 Å². The Labute approximate surface area is 192 Å². The molecular weight excluding hydrogens is 400 g/mol. The zero-order valence-corrected chi connectivity index (χ0v) is 20.5. The molecular formula is C28H36O4. The molecule has 0 radical (unpaired) electrons. The van der Waals surface area contributed by atoms with Crippen LogP contribution >= 0.6 is 0 Å². The molecule has 0 aliphatic rings. The minimum absolute atomic E-state index is 0.0852. The average Bonchev–Trinajstić information content (AvgIpc) is 2.66. The molecule has 172 valence electrons. The van der Waals surface area contributed by atoms with E-state index in [0.717, 1.165) is 22.6 Å². The molecule has 0 unspecified atom stereocenters. The van der Waals surface area contributed by atoms with E-state index in [9.17, 15) is 4.79 Å². The predicted molar refractivity (Wildman–Crippen MR) is 132 cm³/mol. The van der Waals surface area contributed by atoms with Crippen LogP contribution in [-0.4, -0.2) is 23.6 Å². The largest absolute Gasteiger partial charge is 0.494 e. The summed E-state index contributed by atoms with van der Waals surface area (Å²) >= 11 is 0. The van der Waals surface area contributed by atoms with Crippen molar-refractivity contribution in [1.82, 2.24) is 0 Å². The number of benzene rings is 2. The number of ketones is 1. The molecule has 2 aromatic rings. The first-order valence-corrected chi connectivity index (χ1v) is 11.0. The summed E-state index contributed by atoms with van der Waals surface area (Å²) in [6, 6.07) is 11.0. The van der Waals surface area contributed by atoms with Crippen LogP contribution in [0.5, 0.6) is 17.2 Å². The van der Waals surface area contributed by atoms with Gasteiger partial charge in [-0.15, -0.1) is 6.58 Å². The lowest BCUT2D eigenvalue weighted by molar-refractivity contribution is 0.104. The zero-order chi connectivity index (χ0) is 23.9. The molecule has 0 saturated carbocycles. The molecule has 0 spiro atoms. The molecule has 0 aliphatic carbocycles. The second-order valence-electron chi connectivity index (χ2n) is 9.57. The van der Waals surface area contributed by atoms with E-state index in [1.165, 1.54) is 0 Å². The molecule has 0 saturated heterocycles. The standard InChI is InChI=1S/C28H36O4/c1-9-11-24-21(14-17-25(29)20-12-15-22(16-13-20)30-10-2)18-23(31-27(3,4)5)19-26(24)32-28(6,7)8/h9,12-19H,1,10-11H2,2-8H3/b17-14+. The molecule has 4 heteroatoms. The van der Waals surface area contributed by atoms with E-state index in [1.54, 1.807) is 30.3 Å². The van der Waals surface area contributed by atoms with Gasteiger partial charge in [-0.05, 0) is 96.9 Å². The second-order valence-corrected chi connectivity index (χ2v) is 9.57. The van der Waals surface area contributed by atoms with Gasteiger partial charge in [0.1, 0.15) is 28.5 Å². The van der Waals surface area contributed by atoms with Crippen LogP contribution in [0.3, 0.4) is 0 Å². The fraction of sp³-hybridized carbons (Fsp3) is 0.393. The molecule has 0 N–H and O–H groups in total. The maximum atomic E-state index is 12.8. The molecule has 0 bridgehead atoms. The minimum Gasteiger partial charge on any atom is -0.494 e. The quantitative estimate of drug-likeness (QED) is 0.240. The highest BCUT2D eigenvalue weighted by atomic mass is 16.5. The van der Waals surface area contributed by atoms with Crippen LogP contribution in [0.2, 0.25) is 0 Å². The predicted octanol–water partition coefficient (Wildman–Crippen LogP) is 7.06. The van der Waals surface area contributed by atoms with E-state index in [-0.39, 0.29) is 17.0 Å². The second kappa shape index (κ2) is 10.5. The Hall–Kier alpha value is -3.01. The van der Waals surface area contributed by atoms with Crippen molar-refractivity contribution in [2.45, 2.75) is 66.1 Å². The van der Waals surface area contributed by atoms with Crippen LogP contribution in [0.25, 0.3) is 6.08 Å². The molecule has 0 amide bonds. The first kappa shape index (κ1) is 25.3. The van der Waals surface area contributed by atoms with E-state index < -0.39 is 0 Å². The van der Waals surface area contributed by atoms with E-state index >= 15 is 0 Å². The Kier molecular flexibility index (Phi) is 8.31. The van der Waals surface area contributed by atoms with E-state index in [4.69, 9.17) is 14.2 Å². The third-order valence-electron chi connectivity index (χ3n) is 4.27. The average molecular weight is 437 g/mol. The van der Waals surface area contributed by atoms with E-state index in [1.807, 2.05) is 72.8 Å². The number of ether oxygens (including phenoxy) is 3. The molecule has 32 heavy (non-hydrogen) atoms. The number of allylic oxidation sites excluding steroid dienone is 2. The Bertz CT molecular complexity index is 955. The molecule has 0 aromatic heterocycles. The first-order valence-electron chi connectivity index (χ1n) is 11.0. The van der Waals surface area contributed by atoms with Gasteiger partial charge in [0.05, 0.1) is 6.61 Å². The summed E-state index contributed by atoms with van der Waals surface area (Å²) in [6.07, 6.45) is 5.85. The lowest BCUT2D eigenvalue weighted by Gasteiger charge is -2.27. The summed E-state index contributed by atoms with van der Waals surface area (Å²) < 4.78 is 17.8. The van der Waals surface area contributed by atoms with Gasteiger partial charge in [0.15, 0.2) is 5.78 Å². The Morgan fingerprint density at radius 3 is 2.09 bits per heavy atom. The van der Waals surface area contributed by atoms with E-state index in [2.05, 4.69) is 6.58 Å². The smallest absolute Gasteiger partial charge is 0.185 e. The highest BCUT2D eigenvalue weighted by Crippen LogP contribution is 2.34. The minimum atomic E-state index is -0.380. The van der Waals surface area contributed by atoms with Crippen molar-refractivity contribution in [3.8, 4) is 17.2 Å². The molecule has 2 rings (SSSR count). The van der Waals surface area contributed by atoms with Gasteiger partial charge >= 0.3 is 0 Å². The Morgan fingerprint density at radius 1 is 0.938 bits per heavy atom. The van der Waals surface area contributed by atoms with E-state index in [0.29, 0.717) is 24.3 Å². The number of hydrogen-bond acceptors (Lipinski definition) is 4. The Balaban J connectivity index is 2.45. The van der Waals surface area contributed by atoms with Crippen molar-refractivity contribution < 1.29 is 19.0 Å². The number of carbonyl (C=O) groups is 1. The van der Waals surface area contributed by atoms with Gasteiger partial charge in [0, 0.05) is 17.2 Å². The van der Waals surface area contributed by atoms with Crippen LogP contribution in [0.1, 0.15) is 70.0 Å². The first-order chi connectivity index (χ1) is 14.9. The highest BCUT2D eigenvalue weighted by Gasteiger charge is 2.20. The molecule has 0 fully saturated rings. The van der Waals surface area contributed by atoms with Gasteiger partial charge in [0.25, 0.3) is 0 Å². The van der Waals surface area contributed by atoms with Gasteiger partial charge in [-0.25, -0.2) is 0 Å². The van der Waals surface area contributed by atoms with Crippen LogP contribution in [0, 0.1) is 0 Å². The SMILES string of the molecule is C=CCc1c(/C=C/C(=O)c2ccc(OCC)cc2)cc(OC(C)(C)C)cc1OC(C)(C)C. The Morgan fingerprint density at radius 2 is 1.56 bits per heavy atom. The summed E-state index contributed by atoms with van der Waals surface area (Å²) in [4.78, 5) is 12.8. The number of hydrogen-bond donors (Lipinski definition) is 0. The van der Waals surface area contributed by atoms with Crippen molar-refractivity contribution in [3.63, 3.8) is 0 Å². The van der Waals surface area contributed by atoms with Gasteiger partial charge in [-0.3, -0.25) is 4.79 Å². The third kappa shape index (κ3) is 7.92. The molecule has 0 aliphatic heterocycles. The number of carbonyl (C=O) groups excluding carboxylic acids is 1. The van der Waals surface area contributed by atoms with Crippen molar-refractivity contribution in [1.29, 1.82) is 0 Å². The topological polar surface area (TPSA) is 44.8 Å². The molecule has 4 nitrogen and oxygen atoms in total. The molecule has 0 atom stereocenters. The molecule has 2 aromatic carbocycles. The van der Waals surface area contributed by atoms with Crippen molar-refractivity contribution in [2.75, 3.05) is 6.61 Å². The summed E-state index contributed by atoms with van der Waals surface area (Å²) in [7, 11) is 0. The van der Waals surface area contributed by atoms with Crippen LogP contribution in [-0.2, 0) is 6.42 Å². The zero-order valence-electron chi connectivity index (χ0n) is 20.5. The number of rotatable bonds is 9. The van der Waals surface area contributed by atoms with Crippen LogP contribution < -0.4 is 14.2 Å². The lowest BCUT2D eigenvalue weighted by Crippen LogP contribution is -2.25. The summed E-state index contributed by atoms with van der Waals surface area (Å²) in [5, 5.41) is 0. The van der Waals surface area contributed by atoms with Gasteiger partial charge in [0.2, 0.25) is 0 Å². The normalized spacial score (nSPS) is 12.0. The van der Waals surface area contributed by atoms with Gasteiger partial charge in [-0.1, -0.05) is 12.2 Å². The van der Waals surface area contributed by atoms with Crippen molar-refractivity contribution >= 4 is 11.9 Å². The maximum absolute atomic E-state index is 12.8.